The number of amides is 1. The van der Waals surface area contributed by atoms with Crippen molar-refractivity contribution in [3.63, 3.8) is 0 Å². The van der Waals surface area contributed by atoms with Crippen molar-refractivity contribution in [1.82, 2.24) is 9.55 Å². The van der Waals surface area contributed by atoms with E-state index in [9.17, 15) is 9.59 Å². The molecule has 0 unspecified atom stereocenters. The fourth-order valence-electron chi connectivity index (χ4n) is 2.22. The second-order valence-electron chi connectivity index (χ2n) is 5.36. The smallest absolute Gasteiger partial charge is 0.412 e. The van der Waals surface area contributed by atoms with Gasteiger partial charge in [0.05, 0.1) is 19.8 Å². The molecule has 1 aliphatic heterocycles. The third kappa shape index (κ3) is 5.29. The number of nitrogens with zero attached hydrogens (tertiary/aromatic N) is 2. The summed E-state index contributed by atoms with van der Waals surface area (Å²) in [6.07, 6.45) is 3.44. The zero-order valence-corrected chi connectivity index (χ0v) is 13.6. The molecule has 1 fully saturated rings. The van der Waals surface area contributed by atoms with E-state index in [1.165, 1.54) is 16.8 Å². The maximum absolute atomic E-state index is 12.0. The first kappa shape index (κ1) is 18.4. The molecule has 136 valence electrons. The number of anilines is 1. The van der Waals surface area contributed by atoms with Crippen LogP contribution in [0.2, 0.25) is 0 Å². The van der Waals surface area contributed by atoms with Crippen LogP contribution in [-0.4, -0.2) is 46.9 Å². The Morgan fingerprint density at radius 3 is 3.04 bits per heavy atom. The standard InChI is InChI=1S/C15H23N3O6.H2/c1-2-3-4-5-8-22-15(21)17-11-6-7-18(14(20)16-11)12-10-23-13(9-19)24-12;/h6-7,12-13,19H,2-5,8-10H2,1H3,(H,16,17,20,21);1H/t12-,13-;/m0./s1. The highest BCUT2D eigenvalue weighted by molar-refractivity contribution is 5.83. The number of rotatable bonds is 8. The quantitative estimate of drug-likeness (QED) is 0.688. The molecule has 1 saturated heterocycles. The van der Waals surface area contributed by atoms with E-state index in [0.717, 1.165) is 25.7 Å². The summed E-state index contributed by atoms with van der Waals surface area (Å²) in [6.45, 7) is 2.29. The molecule has 9 nitrogen and oxygen atoms in total. The van der Waals surface area contributed by atoms with Crippen LogP contribution in [0.4, 0.5) is 10.6 Å². The molecule has 1 aromatic heterocycles. The molecule has 24 heavy (non-hydrogen) atoms. The fraction of sp³-hybridized carbons (Fsp3) is 0.667. The van der Waals surface area contributed by atoms with Gasteiger partial charge in [0.25, 0.3) is 0 Å². The minimum atomic E-state index is -0.748. The van der Waals surface area contributed by atoms with Gasteiger partial charge in [0, 0.05) is 7.62 Å². The first-order valence-corrected chi connectivity index (χ1v) is 8.05. The zero-order chi connectivity index (χ0) is 17.4. The van der Waals surface area contributed by atoms with E-state index in [4.69, 9.17) is 19.3 Å². The van der Waals surface area contributed by atoms with E-state index in [-0.39, 0.29) is 20.5 Å². The van der Waals surface area contributed by atoms with Crippen molar-refractivity contribution < 1.29 is 25.5 Å². The van der Waals surface area contributed by atoms with Gasteiger partial charge in [-0.3, -0.25) is 9.88 Å². The lowest BCUT2D eigenvalue weighted by atomic mass is 10.2. The Labute approximate surface area is 141 Å². The number of unbranched alkanes of at least 4 members (excludes halogenated alkanes) is 3. The van der Waals surface area contributed by atoms with Crippen LogP contribution in [0.25, 0.3) is 0 Å². The van der Waals surface area contributed by atoms with Crippen molar-refractivity contribution in [2.45, 2.75) is 45.1 Å². The number of carbonyl (C=O) groups is 1. The number of carbonyl (C=O) groups excluding carboxylic acids is 1. The van der Waals surface area contributed by atoms with E-state index in [1.807, 2.05) is 0 Å². The summed E-state index contributed by atoms with van der Waals surface area (Å²) in [4.78, 5) is 27.4. The predicted molar refractivity (Wildman–Crippen MR) is 86.7 cm³/mol. The van der Waals surface area contributed by atoms with E-state index in [2.05, 4.69) is 17.2 Å². The summed E-state index contributed by atoms with van der Waals surface area (Å²) in [5.41, 5.74) is -0.595. The second kappa shape index (κ2) is 9.36. The molecule has 2 rings (SSSR count). The van der Waals surface area contributed by atoms with Crippen molar-refractivity contribution in [2.24, 2.45) is 0 Å². The van der Waals surface area contributed by atoms with Gasteiger partial charge in [-0.2, -0.15) is 4.98 Å². The van der Waals surface area contributed by atoms with Crippen LogP contribution in [0.3, 0.4) is 0 Å². The van der Waals surface area contributed by atoms with Crippen LogP contribution in [0.5, 0.6) is 0 Å². The lowest BCUT2D eigenvalue weighted by Crippen LogP contribution is -2.29. The number of hydrogen-bond acceptors (Lipinski definition) is 7. The number of aliphatic hydroxyl groups excluding tert-OH is 1. The van der Waals surface area contributed by atoms with Gasteiger partial charge in [0.1, 0.15) is 5.82 Å². The van der Waals surface area contributed by atoms with E-state index in [1.54, 1.807) is 0 Å². The molecule has 1 aliphatic rings. The van der Waals surface area contributed by atoms with Crippen molar-refractivity contribution in [1.29, 1.82) is 0 Å². The van der Waals surface area contributed by atoms with Crippen molar-refractivity contribution >= 4 is 11.9 Å². The Hall–Kier alpha value is -1.97. The Bertz CT molecular complexity index is 597. The maximum atomic E-state index is 12.0. The molecule has 1 amide bonds. The largest absolute Gasteiger partial charge is 0.449 e. The molecular weight excluding hydrogens is 318 g/mol. The number of aliphatic hydroxyl groups is 1. The molecule has 9 heteroatoms. The maximum Gasteiger partial charge on any atom is 0.412 e. The first-order chi connectivity index (χ1) is 11.6. The fourth-order valence-corrected chi connectivity index (χ4v) is 2.22. The number of ether oxygens (including phenoxy) is 3. The van der Waals surface area contributed by atoms with Gasteiger partial charge in [-0.1, -0.05) is 26.2 Å². The van der Waals surface area contributed by atoms with Gasteiger partial charge in [-0.05, 0) is 12.5 Å². The minimum Gasteiger partial charge on any atom is -0.449 e. The summed E-state index contributed by atoms with van der Waals surface area (Å²) in [6, 6.07) is 1.47. The average Bonchev–Trinajstić information content (AvgIpc) is 3.03. The lowest BCUT2D eigenvalue weighted by molar-refractivity contribution is -0.0992. The number of aromatic nitrogens is 2. The van der Waals surface area contributed by atoms with Crippen LogP contribution in [-0.2, 0) is 14.2 Å². The van der Waals surface area contributed by atoms with Crippen LogP contribution in [0, 0.1) is 0 Å². The number of nitrogens with one attached hydrogen (secondary N) is 1. The minimum absolute atomic E-state index is 0. The lowest BCUT2D eigenvalue weighted by Gasteiger charge is -2.12. The van der Waals surface area contributed by atoms with Crippen molar-refractivity contribution in [3.05, 3.63) is 22.7 Å². The van der Waals surface area contributed by atoms with Crippen LogP contribution >= 0.6 is 0 Å². The van der Waals surface area contributed by atoms with E-state index in [0.29, 0.717) is 6.61 Å². The summed E-state index contributed by atoms with van der Waals surface area (Å²) >= 11 is 0. The molecular formula is C15H25N3O6. The molecule has 2 heterocycles. The third-order valence-electron chi connectivity index (χ3n) is 3.48. The summed E-state index contributed by atoms with van der Waals surface area (Å²) in [7, 11) is 0. The van der Waals surface area contributed by atoms with E-state index < -0.39 is 24.3 Å². The zero-order valence-electron chi connectivity index (χ0n) is 13.6. The average molecular weight is 343 g/mol. The molecule has 0 radical (unpaired) electrons. The van der Waals surface area contributed by atoms with Crippen LogP contribution < -0.4 is 11.0 Å². The summed E-state index contributed by atoms with van der Waals surface area (Å²) in [5.74, 6) is 0.104. The normalized spacial score (nSPS) is 20.1. The second-order valence-corrected chi connectivity index (χ2v) is 5.36. The molecule has 1 aromatic rings. The van der Waals surface area contributed by atoms with Gasteiger partial charge in [-0.15, -0.1) is 0 Å². The highest BCUT2D eigenvalue weighted by Gasteiger charge is 2.27. The summed E-state index contributed by atoms with van der Waals surface area (Å²) < 4.78 is 16.7. The molecule has 2 N–H and O–H groups in total. The Balaban J connectivity index is 0.00000312. The Morgan fingerprint density at radius 1 is 1.54 bits per heavy atom. The monoisotopic (exact) mass is 343 g/mol. The van der Waals surface area contributed by atoms with Crippen LogP contribution in [0.1, 0.15) is 40.3 Å². The van der Waals surface area contributed by atoms with Gasteiger partial charge in [-0.25, -0.2) is 9.59 Å². The third-order valence-corrected chi connectivity index (χ3v) is 3.48. The van der Waals surface area contributed by atoms with E-state index >= 15 is 0 Å². The predicted octanol–water partition coefficient (Wildman–Crippen LogP) is 1.48. The molecule has 0 bridgehead atoms. The summed E-state index contributed by atoms with van der Waals surface area (Å²) in [5, 5.41) is 11.4. The van der Waals surface area contributed by atoms with Gasteiger partial charge >= 0.3 is 11.8 Å². The van der Waals surface area contributed by atoms with Gasteiger partial charge in [0.15, 0.2) is 12.5 Å². The highest BCUT2D eigenvalue weighted by Crippen LogP contribution is 2.19. The molecule has 0 saturated carbocycles. The Morgan fingerprint density at radius 2 is 2.38 bits per heavy atom. The van der Waals surface area contributed by atoms with Crippen molar-refractivity contribution in [3.8, 4) is 0 Å². The van der Waals surface area contributed by atoms with Crippen LogP contribution in [0.15, 0.2) is 17.1 Å². The molecule has 2 atom stereocenters. The molecule has 0 aromatic carbocycles. The molecule has 0 spiro atoms. The Kier molecular flexibility index (Phi) is 7.16. The first-order valence-electron chi connectivity index (χ1n) is 8.05. The van der Waals surface area contributed by atoms with Gasteiger partial charge in [0.2, 0.25) is 0 Å². The topological polar surface area (TPSA) is 112 Å². The number of hydrogen-bond donors (Lipinski definition) is 2. The van der Waals surface area contributed by atoms with Crippen molar-refractivity contribution in [2.75, 3.05) is 25.1 Å². The SMILES string of the molecule is CCCCCCOC(=O)Nc1ccn([C@@H]2CO[C@H](CO)O2)c(=O)n1.[HH]. The highest BCUT2D eigenvalue weighted by atomic mass is 16.7. The molecule has 0 aliphatic carbocycles. The van der Waals surface area contributed by atoms with Gasteiger partial charge < -0.3 is 19.3 Å².